The molecule has 3 aliphatic heterocycles. The molecule has 2 unspecified atom stereocenters. The summed E-state index contributed by atoms with van der Waals surface area (Å²) in [7, 11) is 0. The van der Waals surface area contributed by atoms with Gasteiger partial charge in [-0.3, -0.25) is 14.6 Å². The average molecular weight is 522 g/mol. The summed E-state index contributed by atoms with van der Waals surface area (Å²) in [6, 6.07) is 5.61. The predicted molar refractivity (Wildman–Crippen MR) is 124 cm³/mol. The van der Waals surface area contributed by atoms with Crippen molar-refractivity contribution in [1.82, 2.24) is 14.9 Å². The Morgan fingerprint density at radius 1 is 1.11 bits per heavy atom. The van der Waals surface area contributed by atoms with Crippen LogP contribution in [0.5, 0.6) is 0 Å². The predicted octanol–water partition coefficient (Wildman–Crippen LogP) is 3.92. The van der Waals surface area contributed by atoms with E-state index in [0.29, 0.717) is 21.1 Å². The lowest BCUT2D eigenvalue weighted by Crippen LogP contribution is -2.70. The van der Waals surface area contributed by atoms with E-state index in [1.54, 1.807) is 6.07 Å². The van der Waals surface area contributed by atoms with Crippen molar-refractivity contribution in [3.05, 3.63) is 76.7 Å². The summed E-state index contributed by atoms with van der Waals surface area (Å²) in [5, 5.41) is 13.5. The smallest absolute Gasteiger partial charge is 0.382 e. The molecule has 1 saturated heterocycles. The molecule has 0 bridgehead atoms. The number of amides is 1. The van der Waals surface area contributed by atoms with E-state index in [0.717, 1.165) is 29.7 Å². The van der Waals surface area contributed by atoms with E-state index in [2.05, 4.69) is 0 Å². The topological polar surface area (TPSA) is 64.1 Å². The van der Waals surface area contributed by atoms with Crippen molar-refractivity contribution in [2.75, 3.05) is 6.67 Å². The van der Waals surface area contributed by atoms with Crippen LogP contribution < -0.4 is 0 Å². The second kappa shape index (κ2) is 8.89. The third-order valence-corrected chi connectivity index (χ3v) is 8.18. The second-order valence-electron chi connectivity index (χ2n) is 9.09. The molecule has 36 heavy (non-hydrogen) atoms. The van der Waals surface area contributed by atoms with Gasteiger partial charge in [-0.05, 0) is 42.2 Å². The number of carbonyl (C=O) groups is 2. The van der Waals surface area contributed by atoms with Crippen LogP contribution in [-0.2, 0) is 15.3 Å². The first kappa shape index (κ1) is 24.8. The van der Waals surface area contributed by atoms with Crippen LogP contribution in [0.3, 0.4) is 0 Å². The fourth-order valence-electron chi connectivity index (χ4n) is 5.01. The number of fused-ring (bicyclic) bond motifs is 3. The Morgan fingerprint density at radius 3 is 2.53 bits per heavy atom. The maximum atomic E-state index is 15.0. The second-order valence-corrected chi connectivity index (χ2v) is 10.1. The van der Waals surface area contributed by atoms with Gasteiger partial charge in [0, 0.05) is 22.9 Å². The molecule has 4 atom stereocenters. The van der Waals surface area contributed by atoms with Gasteiger partial charge in [0.2, 0.25) is 0 Å². The third kappa shape index (κ3) is 3.89. The van der Waals surface area contributed by atoms with Gasteiger partial charge in [0.25, 0.3) is 5.91 Å². The third-order valence-electron chi connectivity index (χ3n) is 7.03. The number of benzene rings is 2. The summed E-state index contributed by atoms with van der Waals surface area (Å²) in [4.78, 5) is 26.5. The molecular weight excluding hydrogens is 498 g/mol. The van der Waals surface area contributed by atoms with Crippen LogP contribution in [0, 0.1) is 12.7 Å². The number of carbonyl (C=O) groups excluding carboxylic acids is 2. The van der Waals surface area contributed by atoms with Crippen LogP contribution in [0.2, 0.25) is 0 Å². The number of thioether (sulfide) groups is 1. The zero-order chi connectivity index (χ0) is 25.9. The van der Waals surface area contributed by atoms with Gasteiger partial charge in [-0.25, -0.2) is 4.39 Å². The highest BCUT2D eigenvalue weighted by Gasteiger charge is 2.53. The number of hydrazine groups is 1. The number of ketones is 1. The molecule has 0 saturated carbocycles. The molecule has 0 radical (unpaired) electrons. The van der Waals surface area contributed by atoms with Crippen molar-refractivity contribution >= 4 is 23.5 Å². The number of aliphatic hydroxyl groups excluding tert-OH is 1. The van der Waals surface area contributed by atoms with Crippen LogP contribution >= 0.6 is 11.8 Å². The van der Waals surface area contributed by atoms with Crippen LogP contribution in [0.15, 0.2) is 53.6 Å². The molecule has 5 rings (SSSR count). The molecule has 0 aromatic heterocycles. The number of alkyl halides is 3. The minimum absolute atomic E-state index is 0.361. The maximum Gasteiger partial charge on any atom is 0.408 e. The summed E-state index contributed by atoms with van der Waals surface area (Å²) in [6.45, 7) is 2.29. The largest absolute Gasteiger partial charge is 0.408 e. The normalized spacial score (nSPS) is 25.2. The highest BCUT2D eigenvalue weighted by atomic mass is 32.2. The van der Waals surface area contributed by atoms with Gasteiger partial charge in [0.15, 0.2) is 11.8 Å². The van der Waals surface area contributed by atoms with Gasteiger partial charge in [-0.15, -0.1) is 11.8 Å². The number of halogens is 4. The van der Waals surface area contributed by atoms with Gasteiger partial charge in [-0.2, -0.15) is 18.2 Å². The molecule has 1 N–H and O–H groups in total. The fraction of sp³-hybridized carbons (Fsp3) is 0.360. The Hall–Kier alpha value is -2.89. The van der Waals surface area contributed by atoms with E-state index in [9.17, 15) is 27.9 Å². The van der Waals surface area contributed by atoms with E-state index in [1.165, 1.54) is 40.1 Å². The summed E-state index contributed by atoms with van der Waals surface area (Å²) in [5.74, 6) is -1.79. The SMILES string of the molecule is Cc1cccc2c1CSc1c(F)cccc1[C@H]2N1CN([C@H](C)C(F)(F)F)C(=O)C2C(O)C(=O)C=CN21. The number of nitrogens with zero attached hydrogens (tertiary/aromatic N) is 3. The molecule has 0 spiro atoms. The van der Waals surface area contributed by atoms with Crippen molar-refractivity contribution in [2.24, 2.45) is 0 Å². The van der Waals surface area contributed by atoms with Crippen LogP contribution in [0.4, 0.5) is 17.6 Å². The Balaban J connectivity index is 1.73. The first-order valence-electron chi connectivity index (χ1n) is 11.3. The maximum absolute atomic E-state index is 15.0. The molecule has 6 nitrogen and oxygen atoms in total. The van der Waals surface area contributed by atoms with E-state index in [1.807, 2.05) is 25.1 Å². The lowest BCUT2D eigenvalue weighted by Gasteiger charge is -2.53. The van der Waals surface area contributed by atoms with Crippen molar-refractivity contribution in [1.29, 1.82) is 0 Å². The summed E-state index contributed by atoms with van der Waals surface area (Å²) < 4.78 is 56.4. The van der Waals surface area contributed by atoms with E-state index in [-0.39, 0.29) is 0 Å². The molecule has 3 heterocycles. The Bertz CT molecular complexity index is 1210. The van der Waals surface area contributed by atoms with Gasteiger partial charge >= 0.3 is 6.18 Å². The number of hydrogen-bond donors (Lipinski definition) is 1. The monoisotopic (exact) mass is 521 g/mol. The molecular formula is C25H23F4N3O3S. The highest BCUT2D eigenvalue weighted by molar-refractivity contribution is 7.98. The minimum Gasteiger partial charge on any atom is -0.382 e. The van der Waals surface area contributed by atoms with E-state index >= 15 is 4.39 Å². The van der Waals surface area contributed by atoms with Gasteiger partial charge in [0.1, 0.15) is 18.0 Å². The number of rotatable bonds is 2. The van der Waals surface area contributed by atoms with Crippen LogP contribution in [-0.4, -0.2) is 62.7 Å². The van der Waals surface area contributed by atoms with Crippen molar-refractivity contribution in [2.45, 2.75) is 54.9 Å². The molecule has 11 heteroatoms. The average Bonchev–Trinajstić information content (AvgIpc) is 2.99. The van der Waals surface area contributed by atoms with Gasteiger partial charge < -0.3 is 10.0 Å². The summed E-state index contributed by atoms with van der Waals surface area (Å²) in [6.07, 6.45) is -4.18. The number of hydrogen-bond acceptors (Lipinski definition) is 6. The highest BCUT2D eigenvalue weighted by Crippen LogP contribution is 2.46. The molecule has 1 fully saturated rings. The quantitative estimate of drug-likeness (QED) is 0.605. The van der Waals surface area contributed by atoms with Crippen molar-refractivity contribution < 1.29 is 32.3 Å². The van der Waals surface area contributed by atoms with Crippen molar-refractivity contribution in [3.8, 4) is 0 Å². The molecule has 1 amide bonds. The molecule has 190 valence electrons. The zero-order valence-corrected chi connectivity index (χ0v) is 20.2. The first-order valence-corrected chi connectivity index (χ1v) is 12.3. The minimum atomic E-state index is -4.74. The van der Waals surface area contributed by atoms with Gasteiger partial charge in [-0.1, -0.05) is 30.3 Å². The first-order chi connectivity index (χ1) is 17.0. The van der Waals surface area contributed by atoms with Crippen LogP contribution in [0.1, 0.15) is 35.2 Å². The molecule has 3 aliphatic rings. The molecule has 2 aromatic rings. The molecule has 0 aliphatic carbocycles. The Labute approximate surface area is 209 Å². The van der Waals surface area contributed by atoms with E-state index in [4.69, 9.17) is 0 Å². The summed E-state index contributed by atoms with van der Waals surface area (Å²) in [5.41, 5.74) is 3.12. The fourth-order valence-corrected chi connectivity index (χ4v) is 6.25. The Kier molecular flexibility index (Phi) is 6.12. The lowest BCUT2D eigenvalue weighted by atomic mass is 9.91. The number of aryl methyl sites for hydroxylation is 1. The molecule has 2 aromatic carbocycles. The zero-order valence-electron chi connectivity index (χ0n) is 19.4. The Morgan fingerprint density at radius 2 is 1.81 bits per heavy atom. The van der Waals surface area contributed by atoms with Crippen molar-refractivity contribution in [3.63, 3.8) is 0 Å². The van der Waals surface area contributed by atoms with Gasteiger partial charge in [0.05, 0.1) is 12.7 Å². The number of aliphatic hydroxyl groups is 1. The standard InChI is InChI=1S/C25H23F4N3O3S/c1-13-5-3-6-15-17(13)11-36-23-16(7-4-8-18(23)26)20(15)32-12-30(14(2)25(27,28)29)24(35)21-22(34)19(33)9-10-31(21)32/h3-10,14,20-22,34H,11-12H2,1-2H3/t14-,20+,21?,22?/m1/s1. The summed E-state index contributed by atoms with van der Waals surface area (Å²) >= 11 is 1.30. The van der Waals surface area contributed by atoms with Crippen LogP contribution in [0.25, 0.3) is 0 Å². The van der Waals surface area contributed by atoms with E-state index < -0.39 is 54.6 Å². The lowest BCUT2D eigenvalue weighted by molar-refractivity contribution is -0.222.